The largest absolute Gasteiger partial charge is 0.356 e. The van der Waals surface area contributed by atoms with E-state index in [2.05, 4.69) is 68.1 Å². The van der Waals surface area contributed by atoms with Crippen molar-refractivity contribution in [1.29, 1.82) is 0 Å². The van der Waals surface area contributed by atoms with Crippen LogP contribution in [0, 0.1) is 0 Å². The minimum absolute atomic E-state index is 0. The molecule has 2 heterocycles. The Labute approximate surface area is 190 Å². The smallest absolute Gasteiger partial charge is 0.191 e. The SMILES string of the molecule is CCc1nc(CCNC(=NC)NCC(c2ccccc2)N2CCCC2)cs1.I. The van der Waals surface area contributed by atoms with Crippen LogP contribution in [0.4, 0.5) is 0 Å². The number of thiazole rings is 1. The van der Waals surface area contributed by atoms with Gasteiger partial charge in [-0.1, -0.05) is 37.3 Å². The van der Waals surface area contributed by atoms with E-state index in [1.165, 1.54) is 42.2 Å². The molecule has 154 valence electrons. The van der Waals surface area contributed by atoms with Gasteiger partial charge in [-0.05, 0) is 37.9 Å². The summed E-state index contributed by atoms with van der Waals surface area (Å²) >= 11 is 1.75. The molecule has 1 aliphatic heterocycles. The van der Waals surface area contributed by atoms with Crippen LogP contribution in [0.3, 0.4) is 0 Å². The number of halogens is 1. The van der Waals surface area contributed by atoms with E-state index in [4.69, 9.17) is 0 Å². The lowest BCUT2D eigenvalue weighted by molar-refractivity contribution is 0.245. The number of benzene rings is 1. The fourth-order valence-electron chi connectivity index (χ4n) is 3.54. The van der Waals surface area contributed by atoms with Crippen LogP contribution in [0.15, 0.2) is 40.7 Å². The molecule has 0 spiro atoms. The Morgan fingerprint density at radius 3 is 2.61 bits per heavy atom. The van der Waals surface area contributed by atoms with Crippen molar-refractivity contribution in [3.8, 4) is 0 Å². The maximum Gasteiger partial charge on any atom is 0.191 e. The number of aliphatic imine (C=N–C) groups is 1. The van der Waals surface area contributed by atoms with Gasteiger partial charge in [0.25, 0.3) is 0 Å². The Bertz CT molecular complexity index is 713. The van der Waals surface area contributed by atoms with Gasteiger partial charge in [-0.3, -0.25) is 9.89 Å². The standard InChI is InChI=1S/C21H31N5S.HI/c1-3-20-25-18(16-27-20)11-12-23-21(22-2)24-15-19(26-13-7-8-14-26)17-9-5-4-6-10-17;/h4-6,9-10,16,19H,3,7-8,11-15H2,1-2H3,(H2,22,23,24);1H. The normalized spacial score (nSPS) is 15.9. The van der Waals surface area contributed by atoms with Crippen molar-refractivity contribution in [1.82, 2.24) is 20.5 Å². The lowest BCUT2D eigenvalue weighted by Gasteiger charge is -2.29. The molecule has 2 aromatic rings. The molecular weight excluding hydrogens is 481 g/mol. The molecule has 0 bridgehead atoms. The Kier molecular flexibility index (Phi) is 10.2. The van der Waals surface area contributed by atoms with Gasteiger partial charge in [-0.25, -0.2) is 4.98 Å². The van der Waals surface area contributed by atoms with E-state index in [1.807, 2.05) is 7.05 Å². The Morgan fingerprint density at radius 1 is 1.21 bits per heavy atom. The van der Waals surface area contributed by atoms with Gasteiger partial charge in [0.2, 0.25) is 0 Å². The van der Waals surface area contributed by atoms with Crippen LogP contribution in [0.2, 0.25) is 0 Å². The topological polar surface area (TPSA) is 52.6 Å². The zero-order chi connectivity index (χ0) is 18.9. The quantitative estimate of drug-likeness (QED) is 0.320. The van der Waals surface area contributed by atoms with Gasteiger partial charge in [0.15, 0.2) is 5.96 Å². The summed E-state index contributed by atoms with van der Waals surface area (Å²) in [6, 6.07) is 11.2. The highest BCUT2D eigenvalue weighted by Crippen LogP contribution is 2.24. The van der Waals surface area contributed by atoms with Crippen LogP contribution >= 0.6 is 35.3 Å². The van der Waals surface area contributed by atoms with Gasteiger partial charge >= 0.3 is 0 Å². The van der Waals surface area contributed by atoms with E-state index >= 15 is 0 Å². The summed E-state index contributed by atoms with van der Waals surface area (Å²) in [7, 11) is 1.83. The van der Waals surface area contributed by atoms with Crippen molar-refractivity contribution in [3.63, 3.8) is 0 Å². The summed E-state index contributed by atoms with van der Waals surface area (Å²) in [6.45, 7) is 6.20. The van der Waals surface area contributed by atoms with E-state index in [-0.39, 0.29) is 24.0 Å². The van der Waals surface area contributed by atoms with Crippen LogP contribution in [0.5, 0.6) is 0 Å². The number of nitrogens with zero attached hydrogens (tertiary/aromatic N) is 3. The first-order valence-corrected chi connectivity index (χ1v) is 10.8. The molecule has 1 atom stereocenters. The third kappa shape index (κ3) is 6.70. The average molecular weight is 513 g/mol. The van der Waals surface area contributed by atoms with Crippen LogP contribution in [-0.2, 0) is 12.8 Å². The minimum atomic E-state index is 0. The molecule has 1 saturated heterocycles. The zero-order valence-electron chi connectivity index (χ0n) is 16.9. The zero-order valence-corrected chi connectivity index (χ0v) is 20.0. The molecule has 5 nitrogen and oxygen atoms in total. The monoisotopic (exact) mass is 513 g/mol. The molecule has 0 amide bonds. The molecule has 0 saturated carbocycles. The molecule has 0 aliphatic carbocycles. The number of hydrogen-bond donors (Lipinski definition) is 2. The highest BCUT2D eigenvalue weighted by atomic mass is 127. The first-order chi connectivity index (χ1) is 13.3. The van der Waals surface area contributed by atoms with Crippen LogP contribution in [0.1, 0.15) is 42.1 Å². The van der Waals surface area contributed by atoms with Gasteiger partial charge in [0, 0.05) is 31.9 Å². The van der Waals surface area contributed by atoms with E-state index < -0.39 is 0 Å². The lowest BCUT2D eigenvalue weighted by atomic mass is 10.1. The number of aryl methyl sites for hydroxylation is 1. The van der Waals surface area contributed by atoms with Gasteiger partial charge in [-0.15, -0.1) is 35.3 Å². The summed E-state index contributed by atoms with van der Waals surface area (Å²) in [4.78, 5) is 11.6. The predicted molar refractivity (Wildman–Crippen MR) is 130 cm³/mol. The van der Waals surface area contributed by atoms with E-state index in [0.29, 0.717) is 6.04 Å². The fourth-order valence-corrected chi connectivity index (χ4v) is 4.31. The first kappa shape index (κ1) is 23.1. The molecule has 2 N–H and O–H groups in total. The third-order valence-corrected chi connectivity index (χ3v) is 6.07. The molecule has 1 aliphatic rings. The number of likely N-dealkylation sites (tertiary alicyclic amines) is 1. The summed E-state index contributed by atoms with van der Waals surface area (Å²) in [5.74, 6) is 0.862. The molecular formula is C21H32IN5S. The third-order valence-electron chi connectivity index (χ3n) is 5.03. The van der Waals surface area contributed by atoms with Crippen molar-refractivity contribution in [2.45, 2.75) is 38.6 Å². The van der Waals surface area contributed by atoms with Gasteiger partial charge in [0.05, 0.1) is 16.7 Å². The lowest BCUT2D eigenvalue weighted by Crippen LogP contribution is -2.43. The van der Waals surface area contributed by atoms with E-state index in [9.17, 15) is 0 Å². The summed E-state index contributed by atoms with van der Waals surface area (Å²) in [6.07, 6.45) is 4.53. The average Bonchev–Trinajstić information content (AvgIpc) is 3.40. The Balaban J connectivity index is 0.00000280. The van der Waals surface area contributed by atoms with Crippen molar-refractivity contribution >= 4 is 41.3 Å². The Hall–Kier alpha value is -1.19. The van der Waals surface area contributed by atoms with Crippen LogP contribution in [0.25, 0.3) is 0 Å². The second-order valence-corrected chi connectivity index (χ2v) is 7.83. The van der Waals surface area contributed by atoms with Crippen molar-refractivity contribution in [2.24, 2.45) is 4.99 Å². The number of nitrogens with one attached hydrogen (secondary N) is 2. The number of guanidine groups is 1. The second kappa shape index (κ2) is 12.4. The maximum absolute atomic E-state index is 4.63. The number of rotatable bonds is 8. The molecule has 3 rings (SSSR count). The molecule has 1 fully saturated rings. The van der Waals surface area contributed by atoms with Gasteiger partial charge in [-0.2, -0.15) is 0 Å². The van der Waals surface area contributed by atoms with Gasteiger partial charge in [0.1, 0.15) is 0 Å². The number of hydrogen-bond acceptors (Lipinski definition) is 4. The van der Waals surface area contributed by atoms with Crippen LogP contribution < -0.4 is 10.6 Å². The summed E-state index contributed by atoms with van der Waals surface area (Å²) in [5, 5.41) is 10.3. The molecule has 1 aromatic heterocycles. The minimum Gasteiger partial charge on any atom is -0.356 e. The van der Waals surface area contributed by atoms with Crippen molar-refractivity contribution < 1.29 is 0 Å². The summed E-state index contributed by atoms with van der Waals surface area (Å²) < 4.78 is 0. The van der Waals surface area contributed by atoms with Crippen molar-refractivity contribution in [3.05, 3.63) is 52.0 Å². The van der Waals surface area contributed by atoms with Crippen molar-refractivity contribution in [2.75, 3.05) is 33.2 Å². The highest BCUT2D eigenvalue weighted by Gasteiger charge is 2.23. The number of aromatic nitrogens is 1. The molecule has 1 aromatic carbocycles. The van der Waals surface area contributed by atoms with Gasteiger partial charge < -0.3 is 10.6 Å². The molecule has 28 heavy (non-hydrogen) atoms. The predicted octanol–water partition coefficient (Wildman–Crippen LogP) is 3.87. The maximum atomic E-state index is 4.63. The molecule has 1 unspecified atom stereocenters. The first-order valence-electron chi connectivity index (χ1n) is 9.97. The fraction of sp³-hybridized carbons (Fsp3) is 0.524. The molecule has 7 heteroatoms. The molecule has 0 radical (unpaired) electrons. The second-order valence-electron chi connectivity index (χ2n) is 6.89. The summed E-state index contributed by atoms with van der Waals surface area (Å²) in [5.41, 5.74) is 2.54. The van der Waals surface area contributed by atoms with E-state index in [0.717, 1.165) is 31.9 Å². The Morgan fingerprint density at radius 2 is 1.96 bits per heavy atom. The van der Waals surface area contributed by atoms with E-state index in [1.54, 1.807) is 11.3 Å². The highest BCUT2D eigenvalue weighted by molar-refractivity contribution is 14.0. The van der Waals surface area contributed by atoms with Crippen LogP contribution in [-0.4, -0.2) is 49.1 Å².